The van der Waals surface area contributed by atoms with E-state index in [0.717, 1.165) is 25.9 Å². The van der Waals surface area contributed by atoms with Crippen LogP contribution in [0.5, 0.6) is 0 Å². The summed E-state index contributed by atoms with van der Waals surface area (Å²) in [4.78, 5) is 0. The largest absolute Gasteiger partial charge is 0.393 e. The molecule has 1 fully saturated rings. The van der Waals surface area contributed by atoms with E-state index in [0.29, 0.717) is 12.0 Å². The maximum absolute atomic E-state index is 10.4. The van der Waals surface area contributed by atoms with Gasteiger partial charge in [0.1, 0.15) is 0 Å². The standard InChI is InChI=1S/C22H44O2/c1-3-5-7-9-10-11-12-13-15-17-21-18-22(23)20(19-24-21)16-14-8-6-4-2/h20-23H,3-19H2,1-2H3/t20-,21+,22-/m0/s1. The smallest absolute Gasteiger partial charge is 0.0615 e. The van der Waals surface area contributed by atoms with Crippen molar-refractivity contribution in [2.75, 3.05) is 6.61 Å². The van der Waals surface area contributed by atoms with Crippen molar-refractivity contribution in [3.8, 4) is 0 Å². The van der Waals surface area contributed by atoms with Crippen LogP contribution in [0.15, 0.2) is 0 Å². The molecule has 1 N–H and O–H groups in total. The minimum absolute atomic E-state index is 0.121. The zero-order valence-corrected chi connectivity index (χ0v) is 16.6. The van der Waals surface area contributed by atoms with E-state index < -0.39 is 0 Å². The van der Waals surface area contributed by atoms with Crippen LogP contribution in [0.25, 0.3) is 0 Å². The Kier molecular flexibility index (Phi) is 13.9. The highest BCUT2D eigenvalue weighted by atomic mass is 16.5. The average Bonchev–Trinajstić information content (AvgIpc) is 2.59. The molecule has 0 spiro atoms. The summed E-state index contributed by atoms with van der Waals surface area (Å²) in [5.74, 6) is 0.390. The number of rotatable bonds is 15. The first kappa shape index (κ1) is 22.0. The van der Waals surface area contributed by atoms with E-state index in [9.17, 15) is 5.11 Å². The lowest BCUT2D eigenvalue weighted by molar-refractivity contribution is -0.0884. The highest BCUT2D eigenvalue weighted by Crippen LogP contribution is 2.27. The van der Waals surface area contributed by atoms with Crippen molar-refractivity contribution in [1.82, 2.24) is 0 Å². The molecule has 0 bridgehead atoms. The van der Waals surface area contributed by atoms with Gasteiger partial charge in [0.05, 0.1) is 18.8 Å². The zero-order chi connectivity index (χ0) is 17.5. The molecule has 3 atom stereocenters. The number of unbranched alkanes of at least 4 members (excludes halogenated alkanes) is 11. The lowest BCUT2D eigenvalue weighted by Crippen LogP contribution is -2.37. The summed E-state index contributed by atoms with van der Waals surface area (Å²) in [6.07, 6.45) is 20.9. The van der Waals surface area contributed by atoms with Crippen molar-refractivity contribution in [2.24, 2.45) is 5.92 Å². The Bertz CT molecular complexity index is 267. The van der Waals surface area contributed by atoms with Gasteiger partial charge < -0.3 is 9.84 Å². The van der Waals surface area contributed by atoms with E-state index in [2.05, 4.69) is 13.8 Å². The van der Waals surface area contributed by atoms with Gasteiger partial charge in [0.25, 0.3) is 0 Å². The fraction of sp³-hybridized carbons (Fsp3) is 1.00. The molecule has 1 aliphatic heterocycles. The fourth-order valence-corrected chi connectivity index (χ4v) is 3.89. The Morgan fingerprint density at radius 2 is 1.21 bits per heavy atom. The highest BCUT2D eigenvalue weighted by molar-refractivity contribution is 4.78. The van der Waals surface area contributed by atoms with Gasteiger partial charge in [0.2, 0.25) is 0 Å². The quantitative estimate of drug-likeness (QED) is 0.338. The van der Waals surface area contributed by atoms with Crippen molar-refractivity contribution in [1.29, 1.82) is 0 Å². The van der Waals surface area contributed by atoms with Crippen LogP contribution < -0.4 is 0 Å². The van der Waals surface area contributed by atoms with Crippen LogP contribution in [-0.2, 0) is 4.74 Å². The summed E-state index contributed by atoms with van der Waals surface area (Å²) >= 11 is 0. The van der Waals surface area contributed by atoms with Crippen molar-refractivity contribution < 1.29 is 9.84 Å². The monoisotopic (exact) mass is 340 g/mol. The highest BCUT2D eigenvalue weighted by Gasteiger charge is 2.28. The minimum atomic E-state index is -0.121. The number of hydrogen-bond acceptors (Lipinski definition) is 2. The summed E-state index contributed by atoms with van der Waals surface area (Å²) in [5.41, 5.74) is 0. The molecule has 0 unspecified atom stereocenters. The summed E-state index contributed by atoms with van der Waals surface area (Å²) in [5, 5.41) is 10.4. The summed E-state index contributed by atoms with van der Waals surface area (Å²) < 4.78 is 6.03. The minimum Gasteiger partial charge on any atom is -0.393 e. The number of aliphatic hydroxyl groups is 1. The third kappa shape index (κ3) is 10.7. The molecule has 0 aromatic heterocycles. The molecule has 1 aliphatic rings. The van der Waals surface area contributed by atoms with Gasteiger partial charge in [-0.2, -0.15) is 0 Å². The maximum Gasteiger partial charge on any atom is 0.0615 e. The molecule has 1 rings (SSSR count). The predicted octanol–water partition coefficient (Wildman–Crippen LogP) is 6.64. The molecule has 0 aromatic rings. The summed E-state index contributed by atoms with van der Waals surface area (Å²) in [6.45, 7) is 5.31. The molecule has 2 nitrogen and oxygen atoms in total. The van der Waals surface area contributed by atoms with Gasteiger partial charge in [-0.25, -0.2) is 0 Å². The normalized spacial score (nSPS) is 24.4. The molecular weight excluding hydrogens is 296 g/mol. The molecule has 0 saturated carbocycles. The van der Waals surface area contributed by atoms with Gasteiger partial charge in [-0.05, 0) is 19.3 Å². The van der Waals surface area contributed by atoms with Crippen LogP contribution in [-0.4, -0.2) is 23.9 Å². The van der Waals surface area contributed by atoms with Gasteiger partial charge in [0, 0.05) is 5.92 Å². The van der Waals surface area contributed by atoms with Gasteiger partial charge >= 0.3 is 0 Å². The molecular formula is C22H44O2. The SMILES string of the molecule is CCCCCCCCCCC[C@@H]1C[C@H](O)[C@@H](CCCCCC)CO1. The molecule has 0 aromatic carbocycles. The summed E-state index contributed by atoms with van der Waals surface area (Å²) in [7, 11) is 0. The Morgan fingerprint density at radius 3 is 1.79 bits per heavy atom. The van der Waals surface area contributed by atoms with Crippen molar-refractivity contribution in [3.05, 3.63) is 0 Å². The van der Waals surface area contributed by atoms with Crippen LogP contribution in [0, 0.1) is 5.92 Å². The molecule has 144 valence electrons. The van der Waals surface area contributed by atoms with Gasteiger partial charge in [-0.15, -0.1) is 0 Å². The van der Waals surface area contributed by atoms with Crippen molar-refractivity contribution >= 4 is 0 Å². The van der Waals surface area contributed by atoms with E-state index in [4.69, 9.17) is 4.74 Å². The Hall–Kier alpha value is -0.0800. The first-order valence-electron chi connectivity index (χ1n) is 11.1. The van der Waals surface area contributed by atoms with Crippen molar-refractivity contribution in [2.45, 2.75) is 129 Å². The Morgan fingerprint density at radius 1 is 0.708 bits per heavy atom. The van der Waals surface area contributed by atoms with Crippen LogP contribution in [0.3, 0.4) is 0 Å². The molecule has 0 aliphatic carbocycles. The van der Waals surface area contributed by atoms with E-state index in [-0.39, 0.29) is 6.10 Å². The lowest BCUT2D eigenvalue weighted by Gasteiger charge is -2.33. The number of ether oxygens (including phenoxy) is 1. The van der Waals surface area contributed by atoms with Gasteiger partial charge in [0.15, 0.2) is 0 Å². The van der Waals surface area contributed by atoms with Gasteiger partial charge in [-0.1, -0.05) is 97.3 Å². The molecule has 1 heterocycles. The first-order valence-corrected chi connectivity index (χ1v) is 11.1. The van der Waals surface area contributed by atoms with E-state index >= 15 is 0 Å². The van der Waals surface area contributed by atoms with Crippen molar-refractivity contribution in [3.63, 3.8) is 0 Å². The molecule has 0 radical (unpaired) electrons. The molecule has 1 saturated heterocycles. The van der Waals surface area contributed by atoms with Gasteiger partial charge in [-0.3, -0.25) is 0 Å². The first-order chi connectivity index (χ1) is 11.8. The molecule has 2 heteroatoms. The molecule has 0 amide bonds. The second kappa shape index (κ2) is 15.2. The second-order valence-electron chi connectivity index (χ2n) is 7.98. The average molecular weight is 341 g/mol. The van der Waals surface area contributed by atoms with E-state index in [1.165, 1.54) is 83.5 Å². The second-order valence-corrected chi connectivity index (χ2v) is 7.98. The van der Waals surface area contributed by atoms with E-state index in [1.54, 1.807) is 0 Å². The maximum atomic E-state index is 10.4. The van der Waals surface area contributed by atoms with Crippen LogP contribution in [0.4, 0.5) is 0 Å². The summed E-state index contributed by atoms with van der Waals surface area (Å²) in [6, 6.07) is 0. The number of hydrogen-bond donors (Lipinski definition) is 1. The Balaban J connectivity index is 1.94. The molecule has 24 heavy (non-hydrogen) atoms. The third-order valence-corrected chi connectivity index (χ3v) is 5.65. The topological polar surface area (TPSA) is 29.5 Å². The lowest BCUT2D eigenvalue weighted by atomic mass is 9.89. The van der Waals surface area contributed by atoms with E-state index in [1.807, 2.05) is 0 Å². The van der Waals surface area contributed by atoms with Crippen LogP contribution >= 0.6 is 0 Å². The van der Waals surface area contributed by atoms with Crippen LogP contribution in [0.1, 0.15) is 117 Å². The Labute approximate surface area is 151 Å². The predicted molar refractivity (Wildman–Crippen MR) is 104 cm³/mol. The third-order valence-electron chi connectivity index (χ3n) is 5.65. The fourth-order valence-electron chi connectivity index (χ4n) is 3.89. The number of aliphatic hydroxyl groups excluding tert-OH is 1. The van der Waals surface area contributed by atoms with Crippen LogP contribution in [0.2, 0.25) is 0 Å². The zero-order valence-electron chi connectivity index (χ0n) is 16.6.